The predicted octanol–water partition coefficient (Wildman–Crippen LogP) is 2.26. The van der Waals surface area contributed by atoms with Gasteiger partial charge in [-0.1, -0.05) is 0 Å². The van der Waals surface area contributed by atoms with E-state index in [1.807, 2.05) is 13.1 Å². The van der Waals surface area contributed by atoms with Crippen molar-refractivity contribution in [3.05, 3.63) is 18.2 Å². The van der Waals surface area contributed by atoms with Crippen LogP contribution in [0.4, 0.5) is 5.69 Å². The lowest BCUT2D eigenvalue weighted by atomic mass is 10.2. The molecule has 28 heavy (non-hydrogen) atoms. The van der Waals surface area contributed by atoms with Gasteiger partial charge in [0.05, 0.1) is 14.2 Å². The van der Waals surface area contributed by atoms with Crippen molar-refractivity contribution < 1.29 is 14.2 Å². The van der Waals surface area contributed by atoms with Gasteiger partial charge in [-0.15, -0.1) is 0 Å². The van der Waals surface area contributed by atoms with Crippen LogP contribution in [-0.4, -0.2) is 66.1 Å². The second-order valence-corrected chi connectivity index (χ2v) is 7.52. The lowest BCUT2D eigenvalue weighted by molar-refractivity contribution is 0.123. The number of nitrogens with zero attached hydrogens (tertiary/aromatic N) is 2. The fraction of sp³-hybridized carbons (Fsp3) is 0.667. The largest absolute Gasteiger partial charge is 0.497 e. The summed E-state index contributed by atoms with van der Waals surface area (Å²) in [7, 11) is 5.18. The summed E-state index contributed by atoms with van der Waals surface area (Å²) < 4.78 is 16.5. The monoisotopic (exact) mass is 390 g/mol. The van der Waals surface area contributed by atoms with Gasteiger partial charge in [0.1, 0.15) is 11.5 Å². The van der Waals surface area contributed by atoms with Crippen LogP contribution in [-0.2, 0) is 4.74 Å². The van der Waals surface area contributed by atoms with E-state index < -0.39 is 0 Å². The molecule has 2 fully saturated rings. The Kier molecular flexibility index (Phi) is 7.65. The quantitative estimate of drug-likeness (QED) is 0.363. The molecule has 0 radical (unpaired) electrons. The Bertz CT molecular complexity index is 626. The highest BCUT2D eigenvalue weighted by molar-refractivity contribution is 5.80. The highest BCUT2D eigenvalue weighted by Crippen LogP contribution is 2.30. The zero-order valence-corrected chi connectivity index (χ0v) is 17.4. The summed E-state index contributed by atoms with van der Waals surface area (Å²) in [6, 6.07) is 6.36. The Balaban J connectivity index is 1.41. The summed E-state index contributed by atoms with van der Waals surface area (Å²) >= 11 is 0. The van der Waals surface area contributed by atoms with Crippen LogP contribution in [0.25, 0.3) is 0 Å². The lowest BCUT2D eigenvalue weighted by Gasteiger charge is -2.21. The number of nitrogens with one attached hydrogen (secondary N) is 2. The zero-order valence-electron chi connectivity index (χ0n) is 17.4. The molecule has 7 heteroatoms. The third-order valence-electron chi connectivity index (χ3n) is 5.26. The Labute approximate surface area is 168 Å². The minimum atomic E-state index is 0.356. The van der Waals surface area contributed by atoms with Gasteiger partial charge in [0.2, 0.25) is 0 Å². The standard InChI is InChI=1S/C21H34N4O3/c1-22-21(23-8-4-10-28-15-16-5-6-16)24-17-7-9-25(14-17)18-11-19(26-2)13-20(12-18)27-3/h11-13,16-17H,4-10,14-15H2,1-3H3,(H2,22,23,24). The van der Waals surface area contributed by atoms with Gasteiger partial charge in [-0.3, -0.25) is 4.99 Å². The molecule has 0 amide bonds. The molecule has 0 spiro atoms. The van der Waals surface area contributed by atoms with Crippen LogP contribution >= 0.6 is 0 Å². The van der Waals surface area contributed by atoms with Crippen molar-refractivity contribution in [3.63, 3.8) is 0 Å². The third kappa shape index (κ3) is 6.19. The number of ether oxygens (including phenoxy) is 3. The summed E-state index contributed by atoms with van der Waals surface area (Å²) in [4.78, 5) is 6.70. The number of aliphatic imine (C=N–C) groups is 1. The zero-order chi connectivity index (χ0) is 19.8. The first-order valence-corrected chi connectivity index (χ1v) is 10.2. The number of anilines is 1. The van der Waals surface area contributed by atoms with E-state index in [4.69, 9.17) is 14.2 Å². The van der Waals surface area contributed by atoms with Crippen LogP contribution in [0.5, 0.6) is 11.5 Å². The SMILES string of the molecule is CN=C(NCCCOCC1CC1)NC1CCN(c2cc(OC)cc(OC)c2)C1. The van der Waals surface area contributed by atoms with E-state index in [2.05, 4.69) is 32.7 Å². The van der Waals surface area contributed by atoms with Crippen LogP contribution in [0.3, 0.4) is 0 Å². The van der Waals surface area contributed by atoms with Gasteiger partial charge in [-0.05, 0) is 31.6 Å². The third-order valence-corrected chi connectivity index (χ3v) is 5.26. The fourth-order valence-electron chi connectivity index (χ4n) is 3.39. The van der Waals surface area contributed by atoms with Crippen molar-refractivity contribution in [1.82, 2.24) is 10.6 Å². The molecule has 1 atom stereocenters. The van der Waals surface area contributed by atoms with E-state index in [0.717, 1.165) is 74.8 Å². The molecule has 1 aliphatic carbocycles. The lowest BCUT2D eigenvalue weighted by Crippen LogP contribution is -2.45. The summed E-state index contributed by atoms with van der Waals surface area (Å²) in [5, 5.41) is 6.93. The van der Waals surface area contributed by atoms with Gasteiger partial charge in [0.25, 0.3) is 0 Å². The Morgan fingerprint density at radius 3 is 2.54 bits per heavy atom. The van der Waals surface area contributed by atoms with Crippen molar-refractivity contribution in [2.45, 2.75) is 31.7 Å². The number of rotatable bonds is 10. The van der Waals surface area contributed by atoms with Gasteiger partial charge in [0.15, 0.2) is 5.96 Å². The van der Waals surface area contributed by atoms with Gasteiger partial charge in [-0.2, -0.15) is 0 Å². The summed E-state index contributed by atoms with van der Waals surface area (Å²) in [5.74, 6) is 3.31. The molecule has 0 aromatic heterocycles. The molecule has 0 bridgehead atoms. The van der Waals surface area contributed by atoms with E-state index in [9.17, 15) is 0 Å². The smallest absolute Gasteiger partial charge is 0.191 e. The highest BCUT2D eigenvalue weighted by atomic mass is 16.5. The first-order valence-electron chi connectivity index (χ1n) is 10.2. The molecule has 3 rings (SSSR count). The molecular weight excluding hydrogens is 356 g/mol. The molecule has 2 N–H and O–H groups in total. The highest BCUT2D eigenvalue weighted by Gasteiger charge is 2.24. The number of hydrogen-bond donors (Lipinski definition) is 2. The first kappa shape index (κ1) is 20.6. The Hall–Kier alpha value is -2.15. The summed E-state index contributed by atoms with van der Waals surface area (Å²) in [5.41, 5.74) is 1.12. The Morgan fingerprint density at radius 1 is 1.14 bits per heavy atom. The van der Waals surface area contributed by atoms with Crippen LogP contribution in [0.1, 0.15) is 25.7 Å². The first-order chi connectivity index (χ1) is 13.7. The average molecular weight is 391 g/mol. The minimum absolute atomic E-state index is 0.356. The minimum Gasteiger partial charge on any atom is -0.497 e. The van der Waals surface area contributed by atoms with Crippen molar-refractivity contribution in [1.29, 1.82) is 0 Å². The van der Waals surface area contributed by atoms with Crippen molar-refractivity contribution in [2.75, 3.05) is 59.0 Å². The van der Waals surface area contributed by atoms with Crippen LogP contribution in [0.2, 0.25) is 0 Å². The maximum absolute atomic E-state index is 5.68. The molecule has 1 heterocycles. The molecule has 1 aromatic carbocycles. The summed E-state index contributed by atoms with van der Waals surface area (Å²) in [6.07, 6.45) is 4.74. The molecule has 2 aliphatic rings. The number of benzene rings is 1. The molecular formula is C21H34N4O3. The summed E-state index contributed by atoms with van der Waals surface area (Å²) in [6.45, 7) is 4.52. The molecule has 1 saturated heterocycles. The molecule has 1 aromatic rings. The normalized spacial score (nSPS) is 19.6. The average Bonchev–Trinajstić information content (AvgIpc) is 3.44. The van der Waals surface area contributed by atoms with E-state index in [-0.39, 0.29) is 0 Å². The molecule has 1 aliphatic heterocycles. The number of guanidine groups is 1. The van der Waals surface area contributed by atoms with Gasteiger partial charge in [-0.25, -0.2) is 0 Å². The van der Waals surface area contributed by atoms with E-state index >= 15 is 0 Å². The second-order valence-electron chi connectivity index (χ2n) is 7.52. The Morgan fingerprint density at radius 2 is 1.89 bits per heavy atom. The topological polar surface area (TPSA) is 67.4 Å². The van der Waals surface area contributed by atoms with E-state index in [1.165, 1.54) is 12.8 Å². The maximum Gasteiger partial charge on any atom is 0.191 e. The van der Waals surface area contributed by atoms with E-state index in [1.54, 1.807) is 14.2 Å². The van der Waals surface area contributed by atoms with Gasteiger partial charge >= 0.3 is 0 Å². The second kappa shape index (κ2) is 10.4. The van der Waals surface area contributed by atoms with Crippen LogP contribution in [0.15, 0.2) is 23.2 Å². The van der Waals surface area contributed by atoms with Crippen LogP contribution < -0.4 is 25.0 Å². The number of methoxy groups -OCH3 is 2. The van der Waals surface area contributed by atoms with Crippen LogP contribution in [0, 0.1) is 5.92 Å². The predicted molar refractivity (Wildman–Crippen MR) is 113 cm³/mol. The molecule has 1 unspecified atom stereocenters. The molecule has 1 saturated carbocycles. The van der Waals surface area contributed by atoms with Crippen molar-refractivity contribution >= 4 is 11.6 Å². The van der Waals surface area contributed by atoms with Gasteiger partial charge < -0.3 is 29.7 Å². The van der Waals surface area contributed by atoms with Crippen molar-refractivity contribution in [2.24, 2.45) is 10.9 Å². The fourth-order valence-corrected chi connectivity index (χ4v) is 3.39. The number of hydrogen-bond acceptors (Lipinski definition) is 5. The maximum atomic E-state index is 5.68. The van der Waals surface area contributed by atoms with E-state index in [0.29, 0.717) is 6.04 Å². The van der Waals surface area contributed by atoms with Crippen molar-refractivity contribution in [3.8, 4) is 11.5 Å². The molecule has 7 nitrogen and oxygen atoms in total. The molecule has 156 valence electrons. The van der Waals surface area contributed by atoms with Gasteiger partial charge in [0, 0.05) is 69.8 Å².